The molecule has 39 heavy (non-hydrogen) atoms. The van der Waals surface area contributed by atoms with Crippen LogP contribution in [0.15, 0.2) is 133 Å². The predicted octanol–water partition coefficient (Wildman–Crippen LogP) is 6.77. The molecule has 0 saturated carbocycles. The van der Waals surface area contributed by atoms with Gasteiger partial charge in [-0.1, -0.05) is 78.9 Å². The lowest BCUT2D eigenvalue weighted by Gasteiger charge is -2.12. The van der Waals surface area contributed by atoms with Crippen LogP contribution in [0.5, 0.6) is 5.75 Å². The van der Waals surface area contributed by atoms with Crippen molar-refractivity contribution in [2.75, 3.05) is 0 Å². The Morgan fingerprint density at radius 3 is 2.13 bits per heavy atom. The molecule has 6 aromatic rings. The fourth-order valence-electron chi connectivity index (χ4n) is 4.66. The first-order chi connectivity index (χ1) is 19.2. The molecule has 1 heterocycles. The number of nitrogens with one attached hydrogen (secondary N) is 1. The fraction of sp³-hybridized carbons (Fsp3) is 0. The fourth-order valence-corrected chi connectivity index (χ4v) is 4.66. The number of ether oxygens (including phenoxy) is 1. The summed E-state index contributed by atoms with van der Waals surface area (Å²) < 4.78 is 7.78. The molecule has 0 atom stereocenters. The highest BCUT2D eigenvalue weighted by Gasteiger charge is 2.16. The van der Waals surface area contributed by atoms with Gasteiger partial charge in [0.1, 0.15) is 5.75 Å². The van der Waals surface area contributed by atoms with Crippen LogP contribution in [-0.2, 0) is 0 Å². The largest absolute Gasteiger partial charge is 0.422 e. The second-order valence-electron chi connectivity index (χ2n) is 8.92. The number of aromatic nitrogens is 1. The van der Waals surface area contributed by atoms with Crippen molar-refractivity contribution in [3.05, 3.63) is 144 Å². The molecule has 6 rings (SSSR count). The van der Waals surface area contributed by atoms with E-state index < -0.39 is 5.97 Å². The van der Waals surface area contributed by atoms with E-state index in [1.54, 1.807) is 24.3 Å². The number of para-hydroxylation sites is 1. The molecular weight excluding hydrogens is 486 g/mol. The van der Waals surface area contributed by atoms with E-state index >= 15 is 0 Å². The first-order valence-corrected chi connectivity index (χ1v) is 12.5. The van der Waals surface area contributed by atoms with E-state index in [0.29, 0.717) is 22.4 Å². The van der Waals surface area contributed by atoms with Gasteiger partial charge in [0.05, 0.1) is 23.0 Å². The summed E-state index contributed by atoms with van der Waals surface area (Å²) in [5, 5.41) is 7.82. The van der Waals surface area contributed by atoms with Gasteiger partial charge in [0.25, 0.3) is 5.91 Å². The van der Waals surface area contributed by atoms with Gasteiger partial charge < -0.3 is 9.30 Å². The molecular formula is C33H23N3O3. The molecule has 0 saturated heterocycles. The number of esters is 1. The molecule has 188 valence electrons. The monoisotopic (exact) mass is 509 g/mol. The van der Waals surface area contributed by atoms with Crippen LogP contribution in [0, 0.1) is 0 Å². The predicted molar refractivity (Wildman–Crippen MR) is 154 cm³/mol. The Hall–Kier alpha value is -5.49. The Bertz CT molecular complexity index is 1850. The van der Waals surface area contributed by atoms with E-state index in [2.05, 4.69) is 10.5 Å². The van der Waals surface area contributed by atoms with E-state index in [1.807, 2.05) is 108 Å². The van der Waals surface area contributed by atoms with Crippen LogP contribution in [-0.4, -0.2) is 22.7 Å². The summed E-state index contributed by atoms with van der Waals surface area (Å²) in [6, 6.07) is 35.7. The standard InChI is InChI=1S/C33H23N3O3/c37-32(28-15-5-6-17-30(28)36-20-7-8-21-36)35-34-22-29-26-14-4-2-11-24(26)18-19-31(29)39-33(38)27-16-9-12-23-10-1-3-13-25(23)27/h1-22H,(H,35,37)/b34-22-. The minimum absolute atomic E-state index is 0.345. The van der Waals surface area contributed by atoms with Crippen LogP contribution >= 0.6 is 0 Å². The number of benzene rings is 5. The van der Waals surface area contributed by atoms with Crippen LogP contribution in [0.2, 0.25) is 0 Å². The van der Waals surface area contributed by atoms with Gasteiger partial charge in [-0.05, 0) is 57.9 Å². The third kappa shape index (κ3) is 4.79. The quantitative estimate of drug-likeness (QED) is 0.117. The van der Waals surface area contributed by atoms with Crippen molar-refractivity contribution >= 4 is 39.6 Å². The lowest BCUT2D eigenvalue weighted by atomic mass is 10.0. The van der Waals surface area contributed by atoms with Gasteiger partial charge >= 0.3 is 5.97 Å². The molecule has 0 spiro atoms. The van der Waals surface area contributed by atoms with Crippen molar-refractivity contribution in [1.29, 1.82) is 0 Å². The summed E-state index contributed by atoms with van der Waals surface area (Å²) in [4.78, 5) is 26.4. The maximum absolute atomic E-state index is 13.3. The first-order valence-electron chi connectivity index (χ1n) is 12.5. The minimum atomic E-state index is -0.471. The Labute approximate surface area is 224 Å². The van der Waals surface area contributed by atoms with Gasteiger partial charge in [0, 0.05) is 18.0 Å². The van der Waals surface area contributed by atoms with Gasteiger partial charge in [0.2, 0.25) is 0 Å². The van der Waals surface area contributed by atoms with Gasteiger partial charge in [-0.15, -0.1) is 0 Å². The Balaban J connectivity index is 1.32. The number of carbonyl (C=O) groups excluding carboxylic acids is 2. The molecule has 0 bridgehead atoms. The lowest BCUT2D eigenvalue weighted by Crippen LogP contribution is -2.19. The topological polar surface area (TPSA) is 72.7 Å². The summed E-state index contributed by atoms with van der Waals surface area (Å²) >= 11 is 0. The van der Waals surface area contributed by atoms with Gasteiger partial charge in [-0.25, -0.2) is 10.2 Å². The summed E-state index contributed by atoms with van der Waals surface area (Å²) in [5.41, 5.74) is 4.90. The average molecular weight is 510 g/mol. The number of amides is 1. The van der Waals surface area contributed by atoms with E-state index in [9.17, 15) is 9.59 Å². The highest BCUT2D eigenvalue weighted by Crippen LogP contribution is 2.28. The lowest BCUT2D eigenvalue weighted by molar-refractivity contribution is 0.0736. The number of fused-ring (bicyclic) bond motifs is 2. The number of carbonyl (C=O) groups is 2. The van der Waals surface area contributed by atoms with Crippen molar-refractivity contribution < 1.29 is 14.3 Å². The van der Waals surface area contributed by atoms with Crippen LogP contribution in [0.1, 0.15) is 26.3 Å². The number of hydrazone groups is 1. The molecule has 1 N–H and O–H groups in total. The van der Waals surface area contributed by atoms with Crippen molar-refractivity contribution in [2.24, 2.45) is 5.10 Å². The van der Waals surface area contributed by atoms with E-state index in [1.165, 1.54) is 6.21 Å². The molecule has 0 aliphatic heterocycles. The average Bonchev–Trinajstić information content (AvgIpc) is 3.53. The van der Waals surface area contributed by atoms with Gasteiger partial charge in [-0.3, -0.25) is 4.79 Å². The van der Waals surface area contributed by atoms with Crippen molar-refractivity contribution in [1.82, 2.24) is 9.99 Å². The summed E-state index contributed by atoms with van der Waals surface area (Å²) in [6.07, 6.45) is 5.27. The zero-order valence-electron chi connectivity index (χ0n) is 20.8. The summed E-state index contributed by atoms with van der Waals surface area (Å²) in [7, 11) is 0. The van der Waals surface area contributed by atoms with E-state index in [0.717, 1.165) is 27.2 Å². The van der Waals surface area contributed by atoms with Crippen LogP contribution in [0.4, 0.5) is 0 Å². The third-order valence-electron chi connectivity index (χ3n) is 6.53. The Kier molecular flexibility index (Phi) is 6.41. The highest BCUT2D eigenvalue weighted by atomic mass is 16.5. The number of hydrogen-bond acceptors (Lipinski definition) is 4. The second kappa shape index (κ2) is 10.5. The zero-order chi connectivity index (χ0) is 26.6. The Morgan fingerprint density at radius 1 is 0.667 bits per heavy atom. The van der Waals surface area contributed by atoms with E-state index in [4.69, 9.17) is 4.74 Å². The van der Waals surface area contributed by atoms with Crippen LogP contribution in [0.25, 0.3) is 27.2 Å². The van der Waals surface area contributed by atoms with E-state index in [-0.39, 0.29) is 5.91 Å². The molecule has 0 unspecified atom stereocenters. The number of nitrogens with zero attached hydrogens (tertiary/aromatic N) is 2. The van der Waals surface area contributed by atoms with Crippen molar-refractivity contribution in [3.8, 4) is 11.4 Å². The molecule has 0 aliphatic carbocycles. The number of hydrogen-bond donors (Lipinski definition) is 1. The molecule has 0 radical (unpaired) electrons. The highest BCUT2D eigenvalue weighted by molar-refractivity contribution is 6.08. The van der Waals surface area contributed by atoms with Crippen molar-refractivity contribution in [2.45, 2.75) is 0 Å². The molecule has 1 aromatic heterocycles. The first kappa shape index (κ1) is 23.9. The second-order valence-corrected chi connectivity index (χ2v) is 8.92. The third-order valence-corrected chi connectivity index (χ3v) is 6.53. The molecule has 6 heteroatoms. The molecule has 6 nitrogen and oxygen atoms in total. The zero-order valence-corrected chi connectivity index (χ0v) is 20.8. The smallest absolute Gasteiger partial charge is 0.344 e. The summed E-state index contributed by atoms with van der Waals surface area (Å²) in [5.74, 6) is -0.483. The van der Waals surface area contributed by atoms with Gasteiger partial charge in [0.15, 0.2) is 0 Å². The maximum atomic E-state index is 13.3. The molecule has 0 aliphatic rings. The van der Waals surface area contributed by atoms with Crippen LogP contribution in [0.3, 0.4) is 0 Å². The molecule has 0 fully saturated rings. The SMILES string of the molecule is O=C(N/N=C\c1c(OC(=O)c2cccc3ccccc23)ccc2ccccc12)c1ccccc1-n1cccc1. The summed E-state index contributed by atoms with van der Waals surface area (Å²) in [6.45, 7) is 0. The minimum Gasteiger partial charge on any atom is -0.422 e. The van der Waals surface area contributed by atoms with Gasteiger partial charge in [-0.2, -0.15) is 5.10 Å². The maximum Gasteiger partial charge on any atom is 0.344 e. The van der Waals surface area contributed by atoms with Crippen molar-refractivity contribution in [3.63, 3.8) is 0 Å². The van der Waals surface area contributed by atoms with Crippen LogP contribution < -0.4 is 10.2 Å². The number of rotatable bonds is 6. The Morgan fingerprint density at radius 2 is 1.31 bits per heavy atom. The molecule has 1 amide bonds. The molecule has 5 aromatic carbocycles. The normalized spacial score (nSPS) is 11.2.